The summed E-state index contributed by atoms with van der Waals surface area (Å²) in [6.45, 7) is 6.18. The zero-order chi connectivity index (χ0) is 29.6. The predicted molar refractivity (Wildman–Crippen MR) is 191 cm³/mol. The average Bonchev–Trinajstić information content (AvgIpc) is 3.41. The maximum atomic E-state index is 4.12. The molecule has 1 aromatic heterocycles. The summed E-state index contributed by atoms with van der Waals surface area (Å²) < 4.78 is 2.33. The molecule has 0 fully saturated rings. The van der Waals surface area contributed by atoms with Crippen LogP contribution in [0.25, 0.3) is 83.3 Å². The molecular formula is C43H31N. The van der Waals surface area contributed by atoms with E-state index in [1.165, 1.54) is 65.5 Å². The molecule has 0 aliphatic heterocycles. The van der Waals surface area contributed by atoms with Gasteiger partial charge in [-0.3, -0.25) is 0 Å². The van der Waals surface area contributed by atoms with Crippen LogP contribution in [0.2, 0.25) is 0 Å². The Morgan fingerprint density at radius 2 is 1.00 bits per heavy atom. The molecule has 0 saturated heterocycles. The summed E-state index contributed by atoms with van der Waals surface area (Å²) in [5, 5.41) is 9.00. The Morgan fingerprint density at radius 1 is 0.477 bits per heavy atom. The molecule has 0 aliphatic rings. The minimum Gasteiger partial charge on any atom is -0.309 e. The molecule has 0 unspecified atom stereocenters. The summed E-state index contributed by atoms with van der Waals surface area (Å²) >= 11 is 0. The fourth-order valence-electron chi connectivity index (χ4n) is 6.87. The molecule has 0 radical (unpaired) electrons. The van der Waals surface area contributed by atoms with Gasteiger partial charge in [0.2, 0.25) is 0 Å². The third kappa shape index (κ3) is 4.09. The van der Waals surface area contributed by atoms with Gasteiger partial charge in [-0.1, -0.05) is 128 Å². The van der Waals surface area contributed by atoms with Crippen LogP contribution in [0.5, 0.6) is 0 Å². The molecule has 8 aromatic rings. The number of allylic oxidation sites excluding steroid dienone is 1. The molecule has 0 amide bonds. The summed E-state index contributed by atoms with van der Waals surface area (Å²) in [6.07, 6.45) is 6.23. The van der Waals surface area contributed by atoms with Crippen molar-refractivity contribution in [2.45, 2.75) is 6.92 Å². The highest BCUT2D eigenvalue weighted by Crippen LogP contribution is 2.38. The quantitative estimate of drug-likeness (QED) is 0.184. The van der Waals surface area contributed by atoms with E-state index >= 15 is 0 Å². The monoisotopic (exact) mass is 561 g/mol. The number of hydrogen-bond donors (Lipinski definition) is 0. The van der Waals surface area contributed by atoms with Gasteiger partial charge in [0.25, 0.3) is 0 Å². The van der Waals surface area contributed by atoms with Crippen LogP contribution in [0.4, 0.5) is 0 Å². The topological polar surface area (TPSA) is 4.93 Å². The van der Waals surface area contributed by atoms with Crippen LogP contribution < -0.4 is 0 Å². The van der Waals surface area contributed by atoms with Crippen molar-refractivity contribution in [1.82, 2.24) is 4.57 Å². The Hall–Kier alpha value is -5.66. The van der Waals surface area contributed by atoms with E-state index in [0.29, 0.717) is 0 Å². The smallest absolute Gasteiger partial charge is 0.0541 e. The molecule has 1 heteroatoms. The molecule has 208 valence electrons. The molecular weight excluding hydrogens is 530 g/mol. The molecule has 0 aliphatic carbocycles. The van der Waals surface area contributed by atoms with E-state index in [2.05, 4.69) is 170 Å². The Labute approximate surface area is 257 Å². The SMILES string of the molecule is C=Cc1c(/C=C\C)n(-c2ccc(-c3cccc(-c4ccc5c6ccccc6c6ccccc6c5c4)c3)cc2)c2ccccc12. The summed E-state index contributed by atoms with van der Waals surface area (Å²) in [5.74, 6) is 0. The van der Waals surface area contributed by atoms with Gasteiger partial charge in [-0.15, -0.1) is 0 Å². The first-order valence-corrected chi connectivity index (χ1v) is 15.2. The fraction of sp³-hybridized carbons (Fsp3) is 0.0233. The van der Waals surface area contributed by atoms with Crippen LogP contribution in [0.15, 0.2) is 152 Å². The van der Waals surface area contributed by atoms with E-state index < -0.39 is 0 Å². The lowest BCUT2D eigenvalue weighted by Crippen LogP contribution is -1.97. The fourth-order valence-corrected chi connectivity index (χ4v) is 6.87. The van der Waals surface area contributed by atoms with Crippen LogP contribution in [0.1, 0.15) is 18.2 Å². The van der Waals surface area contributed by atoms with Gasteiger partial charge in [0.1, 0.15) is 0 Å². The van der Waals surface area contributed by atoms with E-state index in [-0.39, 0.29) is 0 Å². The van der Waals surface area contributed by atoms with E-state index in [0.717, 1.165) is 16.9 Å². The van der Waals surface area contributed by atoms with E-state index in [9.17, 15) is 0 Å². The molecule has 1 nitrogen and oxygen atoms in total. The van der Waals surface area contributed by atoms with Crippen molar-refractivity contribution in [3.8, 4) is 27.9 Å². The largest absolute Gasteiger partial charge is 0.309 e. The van der Waals surface area contributed by atoms with Gasteiger partial charge in [-0.05, 0) is 97.9 Å². The number of benzene rings is 7. The summed E-state index contributed by atoms with van der Waals surface area (Å²) in [7, 11) is 0. The van der Waals surface area contributed by atoms with Gasteiger partial charge in [-0.25, -0.2) is 0 Å². The van der Waals surface area contributed by atoms with Crippen molar-refractivity contribution < 1.29 is 0 Å². The van der Waals surface area contributed by atoms with Crippen molar-refractivity contribution >= 4 is 55.4 Å². The minimum atomic E-state index is 1.14. The second-order valence-electron chi connectivity index (χ2n) is 11.3. The first kappa shape index (κ1) is 26.0. The lowest BCUT2D eigenvalue weighted by Gasteiger charge is -2.13. The minimum absolute atomic E-state index is 1.14. The van der Waals surface area contributed by atoms with Crippen LogP contribution in [-0.4, -0.2) is 4.57 Å². The Bertz CT molecular complexity index is 2360. The molecule has 7 aromatic carbocycles. The normalized spacial score (nSPS) is 11.8. The van der Waals surface area contributed by atoms with Crippen LogP contribution in [-0.2, 0) is 0 Å². The number of fused-ring (bicyclic) bond motifs is 7. The van der Waals surface area contributed by atoms with Crippen molar-refractivity contribution in [2.75, 3.05) is 0 Å². The Morgan fingerprint density at radius 3 is 1.64 bits per heavy atom. The molecule has 0 bridgehead atoms. The molecule has 1 heterocycles. The van der Waals surface area contributed by atoms with E-state index in [4.69, 9.17) is 0 Å². The molecule has 44 heavy (non-hydrogen) atoms. The number of rotatable bonds is 5. The zero-order valence-corrected chi connectivity index (χ0v) is 24.7. The molecule has 0 saturated carbocycles. The zero-order valence-electron chi connectivity index (χ0n) is 24.7. The summed E-state index contributed by atoms with van der Waals surface area (Å²) in [5.41, 5.74) is 9.46. The lowest BCUT2D eigenvalue weighted by atomic mass is 9.91. The standard InChI is InChI=1S/C43H31N/c1-3-12-42-34(4-2)40-19-9-10-20-43(40)44(42)33-24-21-29(22-25-33)30-13-11-14-31(27-30)32-23-26-39-37-17-6-5-15-35(37)36-16-7-8-18-38(36)41(39)28-32/h3-28H,2H2,1H3/b12-3-. The number of aromatic nitrogens is 1. The maximum absolute atomic E-state index is 4.12. The predicted octanol–water partition coefficient (Wildman–Crippen LogP) is 12.1. The summed E-state index contributed by atoms with van der Waals surface area (Å²) in [4.78, 5) is 0. The number of para-hydroxylation sites is 1. The van der Waals surface area contributed by atoms with Crippen LogP contribution in [0, 0.1) is 0 Å². The van der Waals surface area contributed by atoms with Crippen molar-refractivity contribution in [3.05, 3.63) is 163 Å². The first-order valence-electron chi connectivity index (χ1n) is 15.2. The van der Waals surface area contributed by atoms with Crippen molar-refractivity contribution in [3.63, 3.8) is 0 Å². The molecule has 0 atom stereocenters. The molecule has 8 rings (SSSR count). The van der Waals surface area contributed by atoms with Crippen LogP contribution in [0.3, 0.4) is 0 Å². The molecule has 0 N–H and O–H groups in total. The highest BCUT2D eigenvalue weighted by atomic mass is 15.0. The van der Waals surface area contributed by atoms with Crippen molar-refractivity contribution in [1.29, 1.82) is 0 Å². The van der Waals surface area contributed by atoms with Crippen molar-refractivity contribution in [2.24, 2.45) is 0 Å². The third-order valence-corrected chi connectivity index (χ3v) is 8.88. The van der Waals surface area contributed by atoms with Gasteiger partial charge in [0.15, 0.2) is 0 Å². The van der Waals surface area contributed by atoms with Gasteiger partial charge < -0.3 is 4.57 Å². The number of hydrogen-bond acceptors (Lipinski definition) is 0. The van der Waals surface area contributed by atoms with E-state index in [1.807, 2.05) is 6.08 Å². The van der Waals surface area contributed by atoms with Gasteiger partial charge in [-0.2, -0.15) is 0 Å². The maximum Gasteiger partial charge on any atom is 0.0541 e. The van der Waals surface area contributed by atoms with Gasteiger partial charge >= 0.3 is 0 Å². The van der Waals surface area contributed by atoms with Gasteiger partial charge in [0, 0.05) is 16.6 Å². The first-order chi connectivity index (χ1) is 21.7. The van der Waals surface area contributed by atoms with Gasteiger partial charge in [0.05, 0.1) is 11.2 Å². The average molecular weight is 562 g/mol. The second kappa shape index (κ2) is 10.6. The lowest BCUT2D eigenvalue weighted by molar-refractivity contribution is 1.10. The molecule has 0 spiro atoms. The second-order valence-corrected chi connectivity index (χ2v) is 11.3. The Balaban J connectivity index is 1.21. The third-order valence-electron chi connectivity index (χ3n) is 8.88. The summed E-state index contributed by atoms with van der Waals surface area (Å²) in [6, 6.07) is 50.8. The highest BCUT2D eigenvalue weighted by Gasteiger charge is 2.15. The van der Waals surface area contributed by atoms with E-state index in [1.54, 1.807) is 0 Å². The Kier molecular flexibility index (Phi) is 6.24. The van der Waals surface area contributed by atoms with Crippen LogP contribution >= 0.6 is 0 Å². The highest BCUT2D eigenvalue weighted by molar-refractivity contribution is 6.25. The number of nitrogens with zero attached hydrogens (tertiary/aromatic N) is 1.